The molecule has 3 rings (SSSR count). The number of hydrogen-bond acceptors (Lipinski definition) is 14. The molecule has 0 saturated carbocycles. The Morgan fingerprint density at radius 1 is 0.848 bits per heavy atom. The van der Waals surface area contributed by atoms with Crippen LogP contribution in [0.4, 0.5) is 0 Å². The molecule has 0 radical (unpaired) electrons. The minimum Gasteiger partial charge on any atom is -0.481 e. The second-order valence-electron chi connectivity index (χ2n) is 18.5. The fourth-order valence-electron chi connectivity index (χ4n) is 8.80. The van der Waals surface area contributed by atoms with Crippen molar-refractivity contribution in [3.05, 3.63) is 0 Å². The molecule has 3 aliphatic heterocycles. The Morgan fingerprint density at radius 3 is 2.18 bits per heavy atom. The maximum atomic E-state index is 13.5. The number of Topliss-reactive ketones (excluding diaryl/α,β-unsaturated/α-hetero) is 5. The van der Waals surface area contributed by atoms with Gasteiger partial charge in [0, 0.05) is 76.8 Å². The maximum Gasteiger partial charge on any atom is 0.306 e. The van der Waals surface area contributed by atoms with E-state index in [1.165, 1.54) is 11.8 Å². The van der Waals surface area contributed by atoms with E-state index in [-0.39, 0.29) is 88.2 Å². The van der Waals surface area contributed by atoms with Gasteiger partial charge in [-0.05, 0) is 51.4 Å². The SMILES string of the molecule is CCCCC[C@H](CC(=O)[C@@H]1CCCN1C(=O)CCC(=O)[C@H](C)NC(=O)[C@@H](CC(=O)CN1C(=O)C[C@H](CC(=O)[C@H](CCC(N)=O)NC(=O)CCC(=O)[C@@H]2C[C@@H](O)CN2)C1=O)CC(C)C)C(=O)O. The van der Waals surface area contributed by atoms with Gasteiger partial charge >= 0.3 is 5.97 Å². The van der Waals surface area contributed by atoms with Crippen LogP contribution >= 0.6 is 0 Å². The number of nitrogens with two attached hydrogens (primary N) is 1. The highest BCUT2D eigenvalue weighted by Crippen LogP contribution is 2.27. The van der Waals surface area contributed by atoms with Gasteiger partial charge in [0.1, 0.15) is 5.78 Å². The molecule has 66 heavy (non-hydrogen) atoms. The summed E-state index contributed by atoms with van der Waals surface area (Å²) < 4.78 is 0. The van der Waals surface area contributed by atoms with E-state index >= 15 is 0 Å². The number of amides is 6. The molecule has 0 aliphatic carbocycles. The van der Waals surface area contributed by atoms with Crippen LogP contribution in [0.25, 0.3) is 0 Å². The van der Waals surface area contributed by atoms with E-state index in [1.807, 2.05) is 20.8 Å². The topological polar surface area (TPSA) is 314 Å². The molecule has 3 fully saturated rings. The number of β-amino-alcohol motifs (C(OH)–C–C–N with tert-alkyl or cyclic N) is 1. The Labute approximate surface area is 385 Å². The third-order valence-corrected chi connectivity index (χ3v) is 12.5. The number of carbonyl (C=O) groups is 12. The first-order valence-corrected chi connectivity index (χ1v) is 23.4. The van der Waals surface area contributed by atoms with Crippen molar-refractivity contribution >= 4 is 70.3 Å². The molecule has 0 aromatic rings. The quantitative estimate of drug-likeness (QED) is 0.0415. The van der Waals surface area contributed by atoms with Crippen LogP contribution in [0, 0.1) is 23.7 Å². The van der Waals surface area contributed by atoms with Gasteiger partial charge in [-0.3, -0.25) is 62.4 Å². The Kier molecular flexibility index (Phi) is 22.4. The number of carboxylic acid groups (broad SMARTS) is 1. The van der Waals surface area contributed by atoms with Crippen LogP contribution in [0.1, 0.15) is 143 Å². The van der Waals surface area contributed by atoms with Crippen molar-refractivity contribution in [3.8, 4) is 0 Å². The zero-order chi connectivity index (χ0) is 49.2. The van der Waals surface area contributed by atoms with E-state index < -0.39 is 126 Å². The van der Waals surface area contributed by atoms with E-state index in [9.17, 15) is 67.7 Å². The van der Waals surface area contributed by atoms with Crippen LogP contribution in [0.5, 0.6) is 0 Å². The van der Waals surface area contributed by atoms with Gasteiger partial charge in [0.05, 0.1) is 48.7 Å². The molecule has 0 bridgehead atoms. The lowest BCUT2D eigenvalue weighted by atomic mass is 9.91. The Hall–Kier alpha value is -5.24. The maximum absolute atomic E-state index is 13.5. The molecule has 368 valence electrons. The van der Waals surface area contributed by atoms with Crippen LogP contribution in [0.3, 0.4) is 0 Å². The number of aliphatic hydroxyl groups is 1. The number of aliphatic hydroxyl groups excluding tert-OH is 1. The molecule has 20 nitrogen and oxygen atoms in total. The first kappa shape index (κ1) is 55.1. The summed E-state index contributed by atoms with van der Waals surface area (Å²) in [7, 11) is 0. The lowest BCUT2D eigenvalue weighted by Crippen LogP contribution is -2.44. The monoisotopic (exact) mass is 930 g/mol. The highest BCUT2D eigenvalue weighted by molar-refractivity contribution is 6.08. The molecule has 3 saturated heterocycles. The molecule has 0 spiro atoms. The van der Waals surface area contributed by atoms with Crippen LogP contribution in [-0.4, -0.2) is 140 Å². The minimum atomic E-state index is -1.26. The first-order valence-electron chi connectivity index (χ1n) is 23.4. The molecule has 3 heterocycles. The summed E-state index contributed by atoms with van der Waals surface area (Å²) in [5.74, 6) is -10.4. The summed E-state index contributed by atoms with van der Waals surface area (Å²) in [6, 6.07) is -3.66. The number of carboxylic acids is 1. The van der Waals surface area contributed by atoms with Crippen LogP contribution in [0.2, 0.25) is 0 Å². The van der Waals surface area contributed by atoms with Crippen molar-refractivity contribution in [1.29, 1.82) is 0 Å². The summed E-state index contributed by atoms with van der Waals surface area (Å²) in [4.78, 5) is 157. The zero-order valence-corrected chi connectivity index (χ0v) is 38.8. The van der Waals surface area contributed by atoms with Crippen molar-refractivity contribution in [2.75, 3.05) is 19.6 Å². The molecule has 3 aliphatic rings. The van der Waals surface area contributed by atoms with E-state index in [1.54, 1.807) is 0 Å². The number of primary amides is 1. The Balaban J connectivity index is 1.53. The van der Waals surface area contributed by atoms with Gasteiger partial charge in [0.2, 0.25) is 35.4 Å². The summed E-state index contributed by atoms with van der Waals surface area (Å²) in [5.41, 5.74) is 5.27. The average Bonchev–Trinajstić information content (AvgIpc) is 3.99. The zero-order valence-electron chi connectivity index (χ0n) is 38.8. The van der Waals surface area contributed by atoms with Gasteiger partial charge < -0.3 is 36.8 Å². The molecule has 20 heteroatoms. The van der Waals surface area contributed by atoms with Crippen molar-refractivity contribution < 1.29 is 67.7 Å². The van der Waals surface area contributed by atoms with Crippen LogP contribution in [0.15, 0.2) is 0 Å². The van der Waals surface area contributed by atoms with Crippen molar-refractivity contribution in [2.45, 2.75) is 174 Å². The second-order valence-corrected chi connectivity index (χ2v) is 18.5. The molecule has 0 unspecified atom stereocenters. The Morgan fingerprint density at radius 2 is 1.56 bits per heavy atom. The molecule has 0 aromatic heterocycles. The van der Waals surface area contributed by atoms with Gasteiger partial charge in [-0.1, -0.05) is 40.0 Å². The average molecular weight is 931 g/mol. The van der Waals surface area contributed by atoms with E-state index in [0.29, 0.717) is 32.2 Å². The van der Waals surface area contributed by atoms with Gasteiger partial charge in [-0.2, -0.15) is 0 Å². The van der Waals surface area contributed by atoms with Gasteiger partial charge in [0.15, 0.2) is 23.1 Å². The van der Waals surface area contributed by atoms with Gasteiger partial charge in [0.25, 0.3) is 0 Å². The molecule has 6 amide bonds. The number of unbranched alkanes of at least 4 members (excludes halogenated alkanes) is 2. The highest BCUT2D eigenvalue weighted by atomic mass is 16.4. The van der Waals surface area contributed by atoms with Crippen molar-refractivity contribution in [3.63, 3.8) is 0 Å². The number of imide groups is 1. The lowest BCUT2D eigenvalue weighted by Gasteiger charge is -2.25. The predicted octanol–water partition coefficient (Wildman–Crippen LogP) is 0.850. The standard InChI is InChI=1S/C46H70N6O14/c1-5-6-7-9-28(46(65)66)20-39(58)35-10-8-17-51(35)42(61)16-13-36(55)27(4)49-44(63)29(18-26(2)3)19-32(54)25-52-43(62)22-30(45(52)64)21-38(57)33(11-14-40(47)59)50-41(60)15-12-37(56)34-23-31(53)24-48-34/h26-31,33-35,48,53H,5-25H2,1-4H3,(H2,47,59)(H,49,63)(H,50,60)(H,65,66)/t27-,28+,29+,30-,31+,33-,34-,35-/m0/s1. The number of nitrogens with one attached hydrogen (secondary N) is 3. The second kappa shape index (κ2) is 26.8. The summed E-state index contributed by atoms with van der Waals surface area (Å²) in [6.07, 6.45) is 0.685. The number of likely N-dealkylation sites (tertiary alicyclic amines) is 2. The number of ketones is 5. The van der Waals surface area contributed by atoms with Crippen molar-refractivity contribution in [2.24, 2.45) is 29.4 Å². The molecular weight excluding hydrogens is 861 g/mol. The smallest absolute Gasteiger partial charge is 0.306 e. The molecular formula is C46H70N6O14. The fraction of sp³-hybridized carbons (Fsp3) is 0.739. The third kappa shape index (κ3) is 17.5. The van der Waals surface area contributed by atoms with Crippen LogP contribution in [-0.2, 0) is 57.5 Å². The van der Waals surface area contributed by atoms with Gasteiger partial charge in [-0.25, -0.2) is 0 Å². The highest BCUT2D eigenvalue weighted by Gasteiger charge is 2.42. The van der Waals surface area contributed by atoms with E-state index in [2.05, 4.69) is 16.0 Å². The molecule has 0 aromatic carbocycles. The largest absolute Gasteiger partial charge is 0.481 e. The van der Waals surface area contributed by atoms with Crippen molar-refractivity contribution in [1.82, 2.24) is 25.8 Å². The number of aliphatic carboxylic acids is 1. The fourth-order valence-corrected chi connectivity index (χ4v) is 8.80. The Bertz CT molecular complexity index is 1830. The number of nitrogens with zero attached hydrogens (tertiary/aromatic N) is 2. The molecule has 7 N–H and O–H groups in total. The minimum absolute atomic E-state index is 0.0809. The number of hydrogen-bond donors (Lipinski definition) is 6. The summed E-state index contributed by atoms with van der Waals surface area (Å²) in [6.45, 7) is 6.97. The third-order valence-electron chi connectivity index (χ3n) is 12.5. The van der Waals surface area contributed by atoms with Crippen LogP contribution < -0.4 is 21.7 Å². The molecule has 8 atom stereocenters. The van der Waals surface area contributed by atoms with E-state index in [4.69, 9.17) is 5.73 Å². The number of carbonyl (C=O) groups excluding carboxylic acids is 11. The predicted molar refractivity (Wildman–Crippen MR) is 236 cm³/mol. The van der Waals surface area contributed by atoms with Gasteiger partial charge in [-0.15, -0.1) is 0 Å². The number of rotatable bonds is 31. The first-order chi connectivity index (χ1) is 31.1. The lowest BCUT2D eigenvalue weighted by molar-refractivity contribution is -0.145. The normalized spacial score (nSPS) is 21.3. The van der Waals surface area contributed by atoms with E-state index in [0.717, 1.165) is 17.7 Å². The summed E-state index contributed by atoms with van der Waals surface area (Å²) >= 11 is 0. The summed E-state index contributed by atoms with van der Waals surface area (Å²) in [5, 5.41) is 27.3.